The lowest BCUT2D eigenvalue weighted by atomic mass is 10.1. The third-order valence-corrected chi connectivity index (χ3v) is 6.24. The first kappa shape index (κ1) is 21.7. The van der Waals surface area contributed by atoms with Gasteiger partial charge < -0.3 is 5.11 Å². The van der Waals surface area contributed by atoms with E-state index in [0.717, 1.165) is 53.4 Å². The number of hydrogen-bond acceptors (Lipinski definition) is 3. The third-order valence-electron chi connectivity index (χ3n) is 4.45. The van der Waals surface area contributed by atoms with Crippen LogP contribution in [0.25, 0.3) is 0 Å². The molecule has 0 fully saturated rings. The van der Waals surface area contributed by atoms with Crippen LogP contribution in [-0.2, 0) is 21.2 Å². The molecule has 0 bridgehead atoms. The van der Waals surface area contributed by atoms with Crippen molar-refractivity contribution in [1.82, 2.24) is 4.72 Å². The molecule has 2 N–H and O–H groups in total. The standard InChI is InChI=1S/C20H26BrNO4S/c21-18-10-5-7-16(15-18)13-14-27(25,26)22-19-11-6-9-17(19)8-3-1-2-4-12-20(23)24/h1,3,5,7,10,15,22H,2,4,6,8-9,11-14H2,(H,23,24). The first-order valence-electron chi connectivity index (χ1n) is 9.18. The molecule has 1 aliphatic rings. The van der Waals surface area contributed by atoms with E-state index in [4.69, 9.17) is 5.11 Å². The molecule has 0 atom stereocenters. The van der Waals surface area contributed by atoms with E-state index in [2.05, 4.69) is 20.7 Å². The van der Waals surface area contributed by atoms with Crippen LogP contribution in [0, 0.1) is 0 Å². The van der Waals surface area contributed by atoms with Gasteiger partial charge in [-0.3, -0.25) is 9.52 Å². The van der Waals surface area contributed by atoms with Crippen molar-refractivity contribution in [2.24, 2.45) is 0 Å². The van der Waals surface area contributed by atoms with Gasteiger partial charge in [0.15, 0.2) is 0 Å². The maximum atomic E-state index is 12.4. The molecule has 0 radical (unpaired) electrons. The van der Waals surface area contributed by atoms with E-state index >= 15 is 0 Å². The van der Waals surface area contributed by atoms with Gasteiger partial charge in [-0.1, -0.05) is 40.2 Å². The van der Waals surface area contributed by atoms with Gasteiger partial charge in [0.25, 0.3) is 0 Å². The maximum Gasteiger partial charge on any atom is 0.303 e. The average Bonchev–Trinajstić information content (AvgIpc) is 3.02. The van der Waals surface area contributed by atoms with Crippen molar-refractivity contribution < 1.29 is 18.3 Å². The van der Waals surface area contributed by atoms with E-state index in [1.54, 1.807) is 0 Å². The normalized spacial score (nSPS) is 14.9. The Morgan fingerprint density at radius 3 is 2.81 bits per heavy atom. The molecule has 1 aromatic carbocycles. The van der Waals surface area contributed by atoms with Gasteiger partial charge in [-0.05, 0) is 68.2 Å². The summed E-state index contributed by atoms with van der Waals surface area (Å²) < 4.78 is 28.6. The summed E-state index contributed by atoms with van der Waals surface area (Å²) in [5.74, 6) is -0.716. The fraction of sp³-hybridized carbons (Fsp3) is 0.450. The molecular formula is C20H26BrNO4S. The van der Waals surface area contributed by atoms with E-state index in [-0.39, 0.29) is 12.2 Å². The minimum Gasteiger partial charge on any atom is -0.481 e. The predicted molar refractivity (Wildman–Crippen MR) is 111 cm³/mol. The van der Waals surface area contributed by atoms with Crippen LogP contribution >= 0.6 is 15.9 Å². The zero-order chi connectivity index (χ0) is 19.7. The lowest BCUT2D eigenvalue weighted by molar-refractivity contribution is -0.137. The van der Waals surface area contributed by atoms with Crippen LogP contribution in [0.4, 0.5) is 0 Å². The molecule has 0 aromatic heterocycles. The minimum absolute atomic E-state index is 0.0608. The quantitative estimate of drug-likeness (QED) is 0.378. The molecular weight excluding hydrogens is 430 g/mol. The zero-order valence-electron chi connectivity index (χ0n) is 15.3. The molecule has 7 heteroatoms. The highest BCUT2D eigenvalue weighted by Crippen LogP contribution is 2.27. The predicted octanol–water partition coefficient (Wildman–Crippen LogP) is 4.55. The molecule has 0 saturated carbocycles. The number of carboxylic acids is 1. The molecule has 0 aliphatic heterocycles. The number of carbonyl (C=O) groups is 1. The first-order chi connectivity index (χ1) is 12.9. The van der Waals surface area contributed by atoms with E-state index in [1.807, 2.05) is 36.4 Å². The molecule has 0 spiro atoms. The maximum absolute atomic E-state index is 12.4. The summed E-state index contributed by atoms with van der Waals surface area (Å²) in [5, 5.41) is 8.62. The topological polar surface area (TPSA) is 83.5 Å². The molecule has 1 aliphatic carbocycles. The van der Waals surface area contributed by atoms with E-state index in [9.17, 15) is 13.2 Å². The highest BCUT2D eigenvalue weighted by Gasteiger charge is 2.19. The monoisotopic (exact) mass is 455 g/mol. The molecule has 0 saturated heterocycles. The Morgan fingerprint density at radius 1 is 1.26 bits per heavy atom. The van der Waals surface area contributed by atoms with Crippen LogP contribution in [0.2, 0.25) is 0 Å². The summed E-state index contributed by atoms with van der Waals surface area (Å²) in [6.45, 7) is 0. The molecule has 1 aromatic rings. The van der Waals surface area contributed by atoms with E-state index in [0.29, 0.717) is 12.8 Å². The molecule has 5 nitrogen and oxygen atoms in total. The summed E-state index contributed by atoms with van der Waals surface area (Å²) in [5.41, 5.74) is 2.95. The number of aryl methyl sites for hydroxylation is 1. The zero-order valence-corrected chi connectivity index (χ0v) is 17.7. The second kappa shape index (κ2) is 10.7. The Morgan fingerprint density at radius 2 is 2.07 bits per heavy atom. The SMILES string of the molecule is O=C(O)CCCC=CCC1=C(NS(=O)(=O)CCc2cccc(Br)c2)CCC1. The van der Waals surface area contributed by atoms with Crippen LogP contribution in [0.15, 0.2) is 52.2 Å². The van der Waals surface area contributed by atoms with Gasteiger partial charge in [-0.2, -0.15) is 0 Å². The summed E-state index contributed by atoms with van der Waals surface area (Å²) in [4.78, 5) is 10.5. The van der Waals surface area contributed by atoms with Gasteiger partial charge in [-0.15, -0.1) is 0 Å². The molecule has 0 amide bonds. The number of halogens is 1. The van der Waals surface area contributed by atoms with Crippen molar-refractivity contribution in [3.05, 3.63) is 57.7 Å². The minimum atomic E-state index is -3.37. The Hall–Kier alpha value is -1.60. The highest BCUT2D eigenvalue weighted by molar-refractivity contribution is 9.10. The molecule has 148 valence electrons. The van der Waals surface area contributed by atoms with Gasteiger partial charge in [0.05, 0.1) is 5.75 Å². The van der Waals surface area contributed by atoms with Crippen molar-refractivity contribution >= 4 is 31.9 Å². The lowest BCUT2D eigenvalue weighted by Crippen LogP contribution is -2.26. The summed E-state index contributed by atoms with van der Waals surface area (Å²) >= 11 is 3.40. The number of aliphatic carboxylic acids is 1. The Kier molecular flexibility index (Phi) is 8.57. The number of benzene rings is 1. The van der Waals surface area contributed by atoms with Crippen LogP contribution in [-0.4, -0.2) is 25.2 Å². The molecule has 0 heterocycles. The number of rotatable bonds is 11. The highest BCUT2D eigenvalue weighted by atomic mass is 79.9. The van der Waals surface area contributed by atoms with Crippen molar-refractivity contribution in [2.75, 3.05) is 5.75 Å². The van der Waals surface area contributed by atoms with Gasteiger partial charge in [-0.25, -0.2) is 8.42 Å². The number of sulfonamides is 1. The average molecular weight is 456 g/mol. The van der Waals surface area contributed by atoms with Crippen LogP contribution in [0.1, 0.15) is 50.5 Å². The van der Waals surface area contributed by atoms with Gasteiger partial charge >= 0.3 is 5.97 Å². The second-order valence-electron chi connectivity index (χ2n) is 6.70. The molecule has 2 rings (SSSR count). The summed E-state index contributed by atoms with van der Waals surface area (Å²) in [6.07, 6.45) is 9.35. The fourth-order valence-electron chi connectivity index (χ4n) is 3.05. The number of carboxylic acid groups (broad SMARTS) is 1. The van der Waals surface area contributed by atoms with Crippen molar-refractivity contribution in [3.63, 3.8) is 0 Å². The van der Waals surface area contributed by atoms with Crippen molar-refractivity contribution in [1.29, 1.82) is 0 Å². The number of unbranched alkanes of at least 4 members (excludes halogenated alkanes) is 1. The largest absolute Gasteiger partial charge is 0.481 e. The Bertz CT molecular complexity index is 815. The van der Waals surface area contributed by atoms with Crippen LogP contribution < -0.4 is 4.72 Å². The number of nitrogens with one attached hydrogen (secondary N) is 1. The third kappa shape index (κ3) is 8.30. The second-order valence-corrected chi connectivity index (χ2v) is 9.46. The van der Waals surface area contributed by atoms with Crippen LogP contribution in [0.5, 0.6) is 0 Å². The van der Waals surface area contributed by atoms with E-state index in [1.165, 1.54) is 0 Å². The summed E-state index contributed by atoms with van der Waals surface area (Å²) in [6, 6.07) is 7.68. The molecule has 0 unspecified atom stereocenters. The number of allylic oxidation sites excluding steroid dienone is 4. The molecule has 27 heavy (non-hydrogen) atoms. The lowest BCUT2D eigenvalue weighted by Gasteiger charge is -2.11. The van der Waals surface area contributed by atoms with Crippen LogP contribution in [0.3, 0.4) is 0 Å². The Labute approximate surface area is 169 Å². The van der Waals surface area contributed by atoms with E-state index < -0.39 is 16.0 Å². The number of hydrogen-bond donors (Lipinski definition) is 2. The van der Waals surface area contributed by atoms with Gasteiger partial charge in [0, 0.05) is 16.6 Å². The Balaban J connectivity index is 1.86. The first-order valence-corrected chi connectivity index (χ1v) is 11.6. The van der Waals surface area contributed by atoms with Gasteiger partial charge in [0.1, 0.15) is 0 Å². The fourth-order valence-corrected chi connectivity index (χ4v) is 4.73. The van der Waals surface area contributed by atoms with Gasteiger partial charge in [0.2, 0.25) is 10.0 Å². The summed E-state index contributed by atoms with van der Waals surface area (Å²) in [7, 11) is -3.37. The smallest absolute Gasteiger partial charge is 0.303 e. The van der Waals surface area contributed by atoms with Crippen molar-refractivity contribution in [2.45, 2.75) is 51.4 Å². The van der Waals surface area contributed by atoms with Crippen molar-refractivity contribution in [3.8, 4) is 0 Å².